The third-order valence-corrected chi connectivity index (χ3v) is 4.88. The van der Waals surface area contributed by atoms with Crippen LogP contribution >= 0.6 is 0 Å². The topological polar surface area (TPSA) is 75.7 Å². The van der Waals surface area contributed by atoms with Gasteiger partial charge in [-0.3, -0.25) is 14.4 Å². The van der Waals surface area contributed by atoms with Gasteiger partial charge in [-0.1, -0.05) is 30.3 Å². The van der Waals surface area contributed by atoms with Gasteiger partial charge in [0.1, 0.15) is 0 Å². The molecule has 146 valence electrons. The highest BCUT2D eigenvalue weighted by Gasteiger charge is 2.31. The molecule has 2 aromatic rings. The summed E-state index contributed by atoms with van der Waals surface area (Å²) in [7, 11) is 0. The molecule has 0 aromatic heterocycles. The molecule has 6 nitrogen and oxygen atoms in total. The Morgan fingerprint density at radius 2 is 1.75 bits per heavy atom. The van der Waals surface area contributed by atoms with Gasteiger partial charge in [0, 0.05) is 24.3 Å². The predicted molar refractivity (Wildman–Crippen MR) is 107 cm³/mol. The van der Waals surface area contributed by atoms with Crippen LogP contribution in [0.3, 0.4) is 0 Å². The Balaban J connectivity index is 1.53. The standard InChI is InChI=1S/C22H24N2O4/c1-22(2,16-7-4-3-5-8-16)21(27)28-15-19(25)23-17-10-12-18(13-11-17)24-14-6-9-20(24)26/h3-5,7-8,10-13H,6,9,14-15H2,1-2H3,(H,23,25). The van der Waals surface area contributed by atoms with Crippen LogP contribution in [0.15, 0.2) is 54.6 Å². The van der Waals surface area contributed by atoms with Crippen LogP contribution in [0, 0.1) is 0 Å². The Bertz CT molecular complexity index is 860. The molecule has 0 bridgehead atoms. The molecule has 1 N–H and O–H groups in total. The third-order valence-electron chi connectivity index (χ3n) is 4.88. The summed E-state index contributed by atoms with van der Waals surface area (Å²) in [6.45, 7) is 3.89. The first kappa shape index (κ1) is 19.6. The van der Waals surface area contributed by atoms with Crippen molar-refractivity contribution in [3.05, 3.63) is 60.2 Å². The third kappa shape index (κ3) is 4.39. The summed E-state index contributed by atoms with van der Waals surface area (Å²) >= 11 is 0. The number of esters is 1. The van der Waals surface area contributed by atoms with Crippen molar-refractivity contribution in [2.75, 3.05) is 23.4 Å². The maximum Gasteiger partial charge on any atom is 0.316 e. The van der Waals surface area contributed by atoms with Crippen molar-refractivity contribution in [2.45, 2.75) is 32.1 Å². The second kappa shape index (κ2) is 8.25. The van der Waals surface area contributed by atoms with Crippen molar-refractivity contribution in [1.29, 1.82) is 0 Å². The van der Waals surface area contributed by atoms with E-state index in [9.17, 15) is 14.4 Å². The molecule has 1 heterocycles. The number of carbonyl (C=O) groups excluding carboxylic acids is 3. The SMILES string of the molecule is CC(C)(C(=O)OCC(=O)Nc1ccc(N2CCCC2=O)cc1)c1ccccc1. The number of amides is 2. The molecule has 2 aromatic carbocycles. The van der Waals surface area contributed by atoms with Crippen molar-refractivity contribution >= 4 is 29.2 Å². The van der Waals surface area contributed by atoms with Crippen molar-refractivity contribution in [1.82, 2.24) is 0 Å². The van der Waals surface area contributed by atoms with Gasteiger partial charge in [-0.25, -0.2) is 0 Å². The van der Waals surface area contributed by atoms with E-state index in [0.717, 1.165) is 24.2 Å². The number of hydrogen-bond acceptors (Lipinski definition) is 4. The molecule has 1 aliphatic heterocycles. The normalized spacial score (nSPS) is 14.1. The lowest BCUT2D eigenvalue weighted by Gasteiger charge is -2.22. The Morgan fingerprint density at radius 3 is 2.36 bits per heavy atom. The van der Waals surface area contributed by atoms with Crippen molar-refractivity contribution in [2.24, 2.45) is 0 Å². The summed E-state index contributed by atoms with van der Waals surface area (Å²) in [5.74, 6) is -0.760. The van der Waals surface area contributed by atoms with Crippen LogP contribution in [0.4, 0.5) is 11.4 Å². The highest BCUT2D eigenvalue weighted by Crippen LogP contribution is 2.25. The summed E-state index contributed by atoms with van der Waals surface area (Å²) < 4.78 is 5.21. The molecule has 28 heavy (non-hydrogen) atoms. The average molecular weight is 380 g/mol. The quantitative estimate of drug-likeness (QED) is 0.781. The zero-order valence-corrected chi connectivity index (χ0v) is 16.1. The van der Waals surface area contributed by atoms with Gasteiger partial charge in [-0.05, 0) is 50.1 Å². The summed E-state index contributed by atoms with van der Waals surface area (Å²) in [5, 5.41) is 2.70. The highest BCUT2D eigenvalue weighted by atomic mass is 16.5. The van der Waals surface area contributed by atoms with Crippen LogP contribution in [0.5, 0.6) is 0 Å². The van der Waals surface area contributed by atoms with Crippen LogP contribution in [-0.4, -0.2) is 30.9 Å². The molecular weight excluding hydrogens is 356 g/mol. The minimum absolute atomic E-state index is 0.115. The zero-order chi connectivity index (χ0) is 20.1. The van der Waals surface area contributed by atoms with Gasteiger partial charge in [0.05, 0.1) is 5.41 Å². The fraction of sp³-hybridized carbons (Fsp3) is 0.318. The Morgan fingerprint density at radius 1 is 1.07 bits per heavy atom. The Hall–Kier alpha value is -3.15. The number of ether oxygens (including phenoxy) is 1. The number of benzene rings is 2. The minimum atomic E-state index is -0.842. The van der Waals surface area contributed by atoms with Gasteiger partial charge in [-0.15, -0.1) is 0 Å². The van der Waals surface area contributed by atoms with Gasteiger partial charge in [0.15, 0.2) is 6.61 Å². The molecular formula is C22H24N2O4. The van der Waals surface area contributed by atoms with Crippen LogP contribution in [0.1, 0.15) is 32.3 Å². The van der Waals surface area contributed by atoms with E-state index in [0.29, 0.717) is 12.1 Å². The van der Waals surface area contributed by atoms with Crippen LogP contribution in [0.2, 0.25) is 0 Å². The van der Waals surface area contributed by atoms with Crippen LogP contribution < -0.4 is 10.2 Å². The summed E-state index contributed by atoms with van der Waals surface area (Å²) in [4.78, 5) is 38.0. The van der Waals surface area contributed by atoms with E-state index in [4.69, 9.17) is 4.74 Å². The van der Waals surface area contributed by atoms with Crippen LogP contribution in [-0.2, 0) is 24.5 Å². The van der Waals surface area contributed by atoms with E-state index in [1.54, 1.807) is 43.0 Å². The molecule has 1 saturated heterocycles. The molecule has 0 spiro atoms. The van der Waals surface area contributed by atoms with E-state index in [2.05, 4.69) is 5.32 Å². The molecule has 0 atom stereocenters. The minimum Gasteiger partial charge on any atom is -0.455 e. The van der Waals surface area contributed by atoms with Gasteiger partial charge >= 0.3 is 5.97 Å². The van der Waals surface area contributed by atoms with Crippen LogP contribution in [0.25, 0.3) is 0 Å². The maximum atomic E-state index is 12.4. The predicted octanol–water partition coefficient (Wildman–Crippen LogP) is 3.27. The molecule has 3 rings (SSSR count). The molecule has 0 aliphatic carbocycles. The van der Waals surface area contributed by atoms with Gasteiger partial charge < -0.3 is 15.0 Å². The molecule has 0 saturated carbocycles. The number of hydrogen-bond donors (Lipinski definition) is 1. The molecule has 1 aliphatic rings. The Labute approximate surface area is 164 Å². The first-order valence-corrected chi connectivity index (χ1v) is 9.31. The lowest BCUT2D eigenvalue weighted by Crippen LogP contribution is -2.33. The Kier molecular flexibility index (Phi) is 5.78. The number of rotatable bonds is 6. The average Bonchev–Trinajstić information content (AvgIpc) is 3.13. The first-order valence-electron chi connectivity index (χ1n) is 9.31. The first-order chi connectivity index (χ1) is 13.4. The van der Waals surface area contributed by atoms with E-state index >= 15 is 0 Å². The largest absolute Gasteiger partial charge is 0.455 e. The lowest BCUT2D eigenvalue weighted by atomic mass is 9.85. The molecule has 0 radical (unpaired) electrons. The summed E-state index contributed by atoms with van der Waals surface area (Å²) in [6.07, 6.45) is 1.44. The monoisotopic (exact) mass is 380 g/mol. The smallest absolute Gasteiger partial charge is 0.316 e. The molecule has 1 fully saturated rings. The van der Waals surface area contributed by atoms with Gasteiger partial charge in [-0.2, -0.15) is 0 Å². The number of anilines is 2. The fourth-order valence-corrected chi connectivity index (χ4v) is 3.13. The second-order valence-corrected chi connectivity index (χ2v) is 7.31. The maximum absolute atomic E-state index is 12.4. The molecule has 6 heteroatoms. The molecule has 0 unspecified atom stereocenters. The van der Waals surface area contributed by atoms with Crippen molar-refractivity contribution < 1.29 is 19.1 Å². The molecule has 2 amide bonds. The van der Waals surface area contributed by atoms with E-state index in [1.165, 1.54) is 0 Å². The lowest BCUT2D eigenvalue weighted by molar-refractivity contribution is -0.152. The summed E-state index contributed by atoms with van der Waals surface area (Å²) in [6, 6.07) is 16.4. The van der Waals surface area contributed by atoms with E-state index < -0.39 is 17.3 Å². The highest BCUT2D eigenvalue weighted by molar-refractivity contribution is 5.96. The van der Waals surface area contributed by atoms with E-state index in [1.807, 2.05) is 30.3 Å². The number of nitrogens with one attached hydrogen (secondary N) is 1. The van der Waals surface area contributed by atoms with Gasteiger partial charge in [0.2, 0.25) is 5.91 Å². The summed E-state index contributed by atoms with van der Waals surface area (Å²) in [5.41, 5.74) is 1.38. The fourth-order valence-electron chi connectivity index (χ4n) is 3.13. The van der Waals surface area contributed by atoms with Crippen molar-refractivity contribution in [3.63, 3.8) is 0 Å². The van der Waals surface area contributed by atoms with E-state index in [-0.39, 0.29) is 12.5 Å². The van der Waals surface area contributed by atoms with Crippen molar-refractivity contribution in [3.8, 4) is 0 Å². The second-order valence-electron chi connectivity index (χ2n) is 7.31. The number of nitrogens with zero attached hydrogens (tertiary/aromatic N) is 1. The zero-order valence-electron chi connectivity index (χ0n) is 16.1. The van der Waals surface area contributed by atoms with Gasteiger partial charge in [0.25, 0.3) is 5.91 Å². The number of carbonyl (C=O) groups is 3.